The standard InChI is InChI=1S/C11H13ClN2O3/c1-2-8(13)10(15)14-9-4-3-6(12)5-7(9)11(16)17/h3-5,8H,2,13H2,1H3,(H,14,15)(H,16,17)/t8-/m0/s1. The van der Waals surface area contributed by atoms with Gasteiger partial charge in [0.2, 0.25) is 5.91 Å². The minimum absolute atomic E-state index is 0.0610. The van der Waals surface area contributed by atoms with Crippen molar-refractivity contribution >= 4 is 29.2 Å². The molecule has 0 heterocycles. The minimum atomic E-state index is -1.16. The Morgan fingerprint density at radius 3 is 2.71 bits per heavy atom. The normalized spacial score (nSPS) is 11.9. The number of halogens is 1. The van der Waals surface area contributed by atoms with Gasteiger partial charge in [0, 0.05) is 5.02 Å². The molecule has 1 aromatic carbocycles. The smallest absolute Gasteiger partial charge is 0.337 e. The third kappa shape index (κ3) is 3.44. The lowest BCUT2D eigenvalue weighted by molar-refractivity contribution is -0.117. The van der Waals surface area contributed by atoms with Crippen LogP contribution in [0.4, 0.5) is 5.69 Å². The minimum Gasteiger partial charge on any atom is -0.478 e. The molecule has 0 radical (unpaired) electrons. The van der Waals surface area contributed by atoms with E-state index in [0.29, 0.717) is 11.4 Å². The molecule has 1 rings (SSSR count). The van der Waals surface area contributed by atoms with Crippen molar-refractivity contribution in [2.45, 2.75) is 19.4 Å². The predicted molar refractivity (Wildman–Crippen MR) is 65.3 cm³/mol. The van der Waals surface area contributed by atoms with Crippen LogP contribution < -0.4 is 11.1 Å². The van der Waals surface area contributed by atoms with E-state index < -0.39 is 17.9 Å². The first-order chi connectivity index (χ1) is 7.95. The molecule has 17 heavy (non-hydrogen) atoms. The maximum Gasteiger partial charge on any atom is 0.337 e. The van der Waals surface area contributed by atoms with Gasteiger partial charge >= 0.3 is 5.97 Å². The van der Waals surface area contributed by atoms with E-state index in [4.69, 9.17) is 22.4 Å². The van der Waals surface area contributed by atoms with Crippen LogP contribution in [0.15, 0.2) is 18.2 Å². The molecule has 1 amide bonds. The summed E-state index contributed by atoms with van der Waals surface area (Å²) >= 11 is 5.69. The fraction of sp³-hybridized carbons (Fsp3) is 0.273. The molecule has 0 saturated carbocycles. The van der Waals surface area contributed by atoms with Crippen LogP contribution in [0.25, 0.3) is 0 Å². The Morgan fingerprint density at radius 1 is 1.53 bits per heavy atom. The number of rotatable bonds is 4. The van der Waals surface area contributed by atoms with Crippen molar-refractivity contribution in [1.82, 2.24) is 0 Å². The molecule has 0 aliphatic heterocycles. The van der Waals surface area contributed by atoms with Crippen LogP contribution in [0.2, 0.25) is 5.02 Å². The third-order valence-electron chi connectivity index (χ3n) is 2.25. The molecular formula is C11H13ClN2O3. The van der Waals surface area contributed by atoms with Crippen LogP contribution in [-0.2, 0) is 4.79 Å². The van der Waals surface area contributed by atoms with Gasteiger partial charge in [-0.1, -0.05) is 18.5 Å². The lowest BCUT2D eigenvalue weighted by Crippen LogP contribution is -2.35. The summed E-state index contributed by atoms with van der Waals surface area (Å²) in [5.74, 6) is -1.58. The van der Waals surface area contributed by atoms with Gasteiger partial charge in [-0.25, -0.2) is 4.79 Å². The van der Waals surface area contributed by atoms with Gasteiger partial charge in [0.25, 0.3) is 0 Å². The summed E-state index contributed by atoms with van der Waals surface area (Å²) in [5, 5.41) is 11.7. The Kier molecular flexibility index (Phi) is 4.48. The summed E-state index contributed by atoms with van der Waals surface area (Å²) in [6, 6.07) is 3.55. The number of benzene rings is 1. The van der Waals surface area contributed by atoms with Gasteiger partial charge < -0.3 is 16.2 Å². The highest BCUT2D eigenvalue weighted by Crippen LogP contribution is 2.20. The fourth-order valence-electron chi connectivity index (χ4n) is 1.21. The zero-order valence-corrected chi connectivity index (χ0v) is 9.99. The predicted octanol–water partition coefficient (Wildman–Crippen LogP) is 1.71. The molecule has 6 heteroatoms. The second-order valence-electron chi connectivity index (χ2n) is 3.50. The number of nitrogens with one attached hydrogen (secondary N) is 1. The molecule has 1 atom stereocenters. The lowest BCUT2D eigenvalue weighted by atomic mass is 10.1. The Balaban J connectivity index is 2.98. The van der Waals surface area contributed by atoms with Gasteiger partial charge in [-0.2, -0.15) is 0 Å². The van der Waals surface area contributed by atoms with Crippen LogP contribution in [0, 0.1) is 0 Å². The molecular weight excluding hydrogens is 244 g/mol. The zero-order valence-electron chi connectivity index (χ0n) is 9.24. The van der Waals surface area contributed by atoms with Crippen LogP contribution in [0.3, 0.4) is 0 Å². The van der Waals surface area contributed by atoms with Crippen LogP contribution >= 0.6 is 11.6 Å². The van der Waals surface area contributed by atoms with Gasteiger partial charge in [0.15, 0.2) is 0 Å². The molecule has 5 nitrogen and oxygen atoms in total. The number of carbonyl (C=O) groups excluding carboxylic acids is 1. The summed E-state index contributed by atoms with van der Waals surface area (Å²) in [6.07, 6.45) is 0.474. The monoisotopic (exact) mass is 256 g/mol. The molecule has 4 N–H and O–H groups in total. The van der Waals surface area contributed by atoms with E-state index >= 15 is 0 Å². The van der Waals surface area contributed by atoms with Crippen molar-refractivity contribution in [3.63, 3.8) is 0 Å². The molecule has 0 bridgehead atoms. The number of carboxylic acids is 1. The number of amides is 1. The maximum absolute atomic E-state index is 11.5. The van der Waals surface area contributed by atoms with Crippen molar-refractivity contribution in [2.24, 2.45) is 5.73 Å². The van der Waals surface area contributed by atoms with Crippen LogP contribution in [0.1, 0.15) is 23.7 Å². The van der Waals surface area contributed by atoms with E-state index in [1.165, 1.54) is 18.2 Å². The molecule has 0 fully saturated rings. The molecule has 0 unspecified atom stereocenters. The maximum atomic E-state index is 11.5. The second kappa shape index (κ2) is 5.65. The van der Waals surface area contributed by atoms with Crippen molar-refractivity contribution < 1.29 is 14.7 Å². The van der Waals surface area contributed by atoms with Gasteiger partial charge in [0.05, 0.1) is 17.3 Å². The van der Waals surface area contributed by atoms with E-state index in [9.17, 15) is 9.59 Å². The second-order valence-corrected chi connectivity index (χ2v) is 3.94. The number of carboxylic acid groups (broad SMARTS) is 1. The van der Waals surface area contributed by atoms with Crippen LogP contribution in [0.5, 0.6) is 0 Å². The molecule has 0 aliphatic carbocycles. The zero-order chi connectivity index (χ0) is 13.0. The first-order valence-corrected chi connectivity index (χ1v) is 5.42. The average Bonchev–Trinajstić information content (AvgIpc) is 2.29. The van der Waals surface area contributed by atoms with E-state index in [2.05, 4.69) is 5.32 Å². The third-order valence-corrected chi connectivity index (χ3v) is 2.48. The summed E-state index contributed by atoms with van der Waals surface area (Å²) < 4.78 is 0. The van der Waals surface area contributed by atoms with Crippen LogP contribution in [-0.4, -0.2) is 23.0 Å². The Bertz CT molecular complexity index is 448. The summed E-state index contributed by atoms with van der Waals surface area (Å²) in [4.78, 5) is 22.5. The Labute approximate surface area is 104 Å². The molecule has 0 aliphatic rings. The van der Waals surface area contributed by atoms with Crippen molar-refractivity contribution in [1.29, 1.82) is 0 Å². The largest absolute Gasteiger partial charge is 0.478 e. The summed E-state index contributed by atoms with van der Waals surface area (Å²) in [7, 11) is 0. The van der Waals surface area contributed by atoms with Gasteiger partial charge in [-0.3, -0.25) is 4.79 Å². The Hall–Kier alpha value is -1.59. The SMILES string of the molecule is CC[C@H](N)C(=O)Nc1ccc(Cl)cc1C(=O)O. The average molecular weight is 257 g/mol. The van der Waals surface area contributed by atoms with E-state index in [0.717, 1.165) is 0 Å². The highest BCUT2D eigenvalue weighted by Gasteiger charge is 2.16. The van der Waals surface area contributed by atoms with Gasteiger partial charge in [0.1, 0.15) is 0 Å². The number of hydrogen-bond acceptors (Lipinski definition) is 3. The molecule has 0 spiro atoms. The quantitative estimate of drug-likeness (QED) is 0.765. The highest BCUT2D eigenvalue weighted by molar-refractivity contribution is 6.31. The van der Waals surface area contributed by atoms with E-state index in [-0.39, 0.29) is 11.3 Å². The number of anilines is 1. The van der Waals surface area contributed by atoms with Gasteiger partial charge in [-0.15, -0.1) is 0 Å². The lowest BCUT2D eigenvalue weighted by Gasteiger charge is -2.12. The van der Waals surface area contributed by atoms with Crippen molar-refractivity contribution in [2.75, 3.05) is 5.32 Å². The van der Waals surface area contributed by atoms with Crippen molar-refractivity contribution in [3.05, 3.63) is 28.8 Å². The molecule has 1 aromatic rings. The van der Waals surface area contributed by atoms with E-state index in [1.54, 1.807) is 6.92 Å². The molecule has 0 aromatic heterocycles. The number of nitrogens with two attached hydrogens (primary N) is 1. The number of hydrogen-bond donors (Lipinski definition) is 3. The first-order valence-electron chi connectivity index (χ1n) is 5.05. The topological polar surface area (TPSA) is 92.4 Å². The first kappa shape index (κ1) is 13.5. The fourth-order valence-corrected chi connectivity index (χ4v) is 1.39. The molecule has 0 saturated heterocycles. The van der Waals surface area contributed by atoms with Gasteiger partial charge in [-0.05, 0) is 24.6 Å². The van der Waals surface area contributed by atoms with E-state index in [1.807, 2.05) is 0 Å². The Morgan fingerprint density at radius 2 is 2.18 bits per heavy atom. The summed E-state index contributed by atoms with van der Waals surface area (Å²) in [6.45, 7) is 1.77. The highest BCUT2D eigenvalue weighted by atomic mass is 35.5. The summed E-state index contributed by atoms with van der Waals surface area (Å²) in [5.41, 5.74) is 5.66. The number of aromatic carboxylic acids is 1. The number of carbonyl (C=O) groups is 2. The molecule has 92 valence electrons. The van der Waals surface area contributed by atoms with Crippen molar-refractivity contribution in [3.8, 4) is 0 Å².